The lowest BCUT2D eigenvalue weighted by Gasteiger charge is -2.30. The van der Waals surface area contributed by atoms with E-state index in [9.17, 15) is 9.59 Å². The highest BCUT2D eigenvalue weighted by Crippen LogP contribution is 2.24. The van der Waals surface area contributed by atoms with Crippen LogP contribution in [-0.2, 0) is 22.6 Å². The first-order valence-electron chi connectivity index (χ1n) is 9.50. The van der Waals surface area contributed by atoms with E-state index in [4.69, 9.17) is 34.8 Å². The van der Waals surface area contributed by atoms with Gasteiger partial charge in [-0.25, -0.2) is 0 Å². The van der Waals surface area contributed by atoms with Gasteiger partial charge in [0.15, 0.2) is 0 Å². The van der Waals surface area contributed by atoms with Crippen molar-refractivity contribution < 1.29 is 9.59 Å². The lowest BCUT2D eigenvalue weighted by Crippen LogP contribution is -2.50. The van der Waals surface area contributed by atoms with Crippen LogP contribution in [0.15, 0.2) is 42.5 Å². The van der Waals surface area contributed by atoms with E-state index in [1.54, 1.807) is 37.3 Å². The zero-order valence-electron chi connectivity index (χ0n) is 16.7. The molecule has 2 amide bonds. The van der Waals surface area contributed by atoms with Gasteiger partial charge in [-0.2, -0.15) is 0 Å². The molecule has 0 aromatic heterocycles. The minimum atomic E-state index is -0.675. The van der Waals surface area contributed by atoms with Gasteiger partial charge >= 0.3 is 0 Å². The van der Waals surface area contributed by atoms with Crippen molar-refractivity contribution in [3.05, 3.63) is 68.7 Å². The van der Waals surface area contributed by atoms with Crippen LogP contribution in [0, 0.1) is 0 Å². The van der Waals surface area contributed by atoms with Crippen LogP contribution >= 0.6 is 34.8 Å². The van der Waals surface area contributed by atoms with Crippen LogP contribution in [0.2, 0.25) is 15.1 Å². The number of carbonyl (C=O) groups is 2. The Bertz CT molecular complexity index is 873. The summed E-state index contributed by atoms with van der Waals surface area (Å²) >= 11 is 18.5. The van der Waals surface area contributed by atoms with E-state index in [1.807, 2.05) is 26.0 Å². The number of hydrogen-bond acceptors (Lipinski definition) is 2. The lowest BCUT2D eigenvalue weighted by atomic mass is 10.1. The van der Waals surface area contributed by atoms with Gasteiger partial charge in [-0.15, -0.1) is 0 Å². The first kappa shape index (κ1) is 23.5. The molecule has 0 unspecified atom stereocenters. The third kappa shape index (κ3) is 6.63. The summed E-state index contributed by atoms with van der Waals surface area (Å²) in [7, 11) is 0. The molecule has 0 aliphatic carbocycles. The van der Waals surface area contributed by atoms with Crippen molar-refractivity contribution in [3.8, 4) is 0 Å². The number of rotatable bonds is 8. The SMILES string of the molecule is CC[C@H](C)NC(=O)[C@@H](C)N(Cc1ccc(Cl)cc1Cl)C(=O)Cc1ccccc1Cl. The molecule has 7 heteroatoms. The standard InChI is InChI=1S/C22H25Cl3N2O2/c1-4-14(2)26-22(29)15(3)27(13-17-9-10-18(23)12-20(17)25)21(28)11-16-7-5-6-8-19(16)24/h5-10,12,14-15H,4,11,13H2,1-3H3,(H,26,29)/t14-,15+/m0/s1. The van der Waals surface area contributed by atoms with Crippen molar-refractivity contribution in [2.45, 2.75) is 52.2 Å². The van der Waals surface area contributed by atoms with E-state index >= 15 is 0 Å². The van der Waals surface area contributed by atoms with Crippen molar-refractivity contribution in [1.82, 2.24) is 10.2 Å². The summed E-state index contributed by atoms with van der Waals surface area (Å²) in [6, 6.07) is 11.6. The zero-order valence-corrected chi connectivity index (χ0v) is 19.0. The van der Waals surface area contributed by atoms with E-state index in [0.717, 1.165) is 6.42 Å². The normalized spacial score (nSPS) is 12.9. The van der Waals surface area contributed by atoms with Crippen LogP contribution in [0.4, 0.5) is 0 Å². The number of amides is 2. The van der Waals surface area contributed by atoms with Crippen molar-refractivity contribution >= 4 is 46.6 Å². The van der Waals surface area contributed by atoms with Gasteiger partial charge in [0.05, 0.1) is 6.42 Å². The van der Waals surface area contributed by atoms with Crippen molar-refractivity contribution in [2.24, 2.45) is 0 Å². The molecule has 0 spiro atoms. The smallest absolute Gasteiger partial charge is 0.242 e. The molecule has 0 saturated carbocycles. The van der Waals surface area contributed by atoms with Crippen molar-refractivity contribution in [2.75, 3.05) is 0 Å². The summed E-state index contributed by atoms with van der Waals surface area (Å²) in [4.78, 5) is 27.4. The van der Waals surface area contributed by atoms with Crippen LogP contribution in [0.5, 0.6) is 0 Å². The van der Waals surface area contributed by atoms with Gasteiger partial charge in [-0.3, -0.25) is 9.59 Å². The predicted octanol–water partition coefficient (Wildman–Crippen LogP) is 5.52. The first-order chi connectivity index (χ1) is 13.7. The largest absolute Gasteiger partial charge is 0.352 e. The fourth-order valence-electron chi connectivity index (χ4n) is 2.79. The van der Waals surface area contributed by atoms with Gasteiger partial charge in [-0.05, 0) is 49.6 Å². The molecule has 0 saturated heterocycles. The molecule has 0 bridgehead atoms. The maximum Gasteiger partial charge on any atom is 0.242 e. The van der Waals surface area contributed by atoms with Gasteiger partial charge in [0.1, 0.15) is 6.04 Å². The number of halogens is 3. The van der Waals surface area contributed by atoms with Crippen LogP contribution < -0.4 is 5.32 Å². The van der Waals surface area contributed by atoms with E-state index in [2.05, 4.69) is 5.32 Å². The number of hydrogen-bond donors (Lipinski definition) is 1. The lowest BCUT2D eigenvalue weighted by molar-refractivity contribution is -0.140. The van der Waals surface area contributed by atoms with Gasteiger partial charge in [0.25, 0.3) is 0 Å². The maximum absolute atomic E-state index is 13.2. The van der Waals surface area contributed by atoms with Gasteiger partial charge in [-0.1, -0.05) is 66.0 Å². The summed E-state index contributed by atoms with van der Waals surface area (Å²) in [5.41, 5.74) is 1.42. The molecule has 2 aromatic rings. The highest BCUT2D eigenvalue weighted by atomic mass is 35.5. The molecule has 156 valence electrons. The Balaban J connectivity index is 2.29. The van der Waals surface area contributed by atoms with Gasteiger partial charge in [0.2, 0.25) is 11.8 Å². The van der Waals surface area contributed by atoms with E-state index in [0.29, 0.717) is 26.2 Å². The quantitative estimate of drug-likeness (QED) is 0.569. The highest BCUT2D eigenvalue weighted by Gasteiger charge is 2.27. The van der Waals surface area contributed by atoms with Gasteiger partial charge in [0, 0.05) is 27.7 Å². The van der Waals surface area contributed by atoms with E-state index in [1.165, 1.54) is 4.90 Å². The second-order valence-electron chi connectivity index (χ2n) is 7.02. The third-order valence-corrected chi connectivity index (χ3v) is 5.78. The van der Waals surface area contributed by atoms with Gasteiger partial charge < -0.3 is 10.2 Å². The Morgan fingerprint density at radius 2 is 1.69 bits per heavy atom. The number of nitrogens with one attached hydrogen (secondary N) is 1. The Morgan fingerprint density at radius 1 is 1.00 bits per heavy atom. The van der Waals surface area contributed by atoms with Crippen LogP contribution in [0.25, 0.3) is 0 Å². The Morgan fingerprint density at radius 3 is 2.31 bits per heavy atom. The molecule has 2 aromatic carbocycles. The minimum Gasteiger partial charge on any atom is -0.352 e. The van der Waals surface area contributed by atoms with Crippen LogP contribution in [0.3, 0.4) is 0 Å². The second kappa shape index (κ2) is 10.9. The molecule has 2 rings (SSSR count). The molecule has 4 nitrogen and oxygen atoms in total. The third-order valence-electron chi connectivity index (χ3n) is 4.82. The molecule has 0 aliphatic heterocycles. The molecule has 0 heterocycles. The fourth-order valence-corrected chi connectivity index (χ4v) is 3.46. The summed E-state index contributed by atoms with van der Waals surface area (Å²) < 4.78 is 0. The molecule has 1 N–H and O–H groups in total. The summed E-state index contributed by atoms with van der Waals surface area (Å²) in [5, 5.41) is 4.41. The van der Waals surface area contributed by atoms with Crippen LogP contribution in [-0.4, -0.2) is 28.8 Å². The minimum absolute atomic E-state index is 0.0181. The molecule has 0 radical (unpaired) electrons. The van der Waals surface area contributed by atoms with E-state index in [-0.39, 0.29) is 30.8 Å². The number of benzene rings is 2. The molecular weight excluding hydrogens is 431 g/mol. The Kier molecular flexibility index (Phi) is 8.81. The molecule has 29 heavy (non-hydrogen) atoms. The average molecular weight is 456 g/mol. The predicted molar refractivity (Wildman–Crippen MR) is 120 cm³/mol. The summed E-state index contributed by atoms with van der Waals surface area (Å²) in [5.74, 6) is -0.423. The number of carbonyl (C=O) groups excluding carboxylic acids is 2. The fraction of sp³-hybridized carbons (Fsp3) is 0.364. The molecular formula is C22H25Cl3N2O2. The second-order valence-corrected chi connectivity index (χ2v) is 8.27. The number of nitrogens with zero attached hydrogens (tertiary/aromatic N) is 1. The molecule has 0 fully saturated rings. The Hall–Kier alpha value is -1.75. The average Bonchev–Trinajstić information content (AvgIpc) is 2.68. The zero-order chi connectivity index (χ0) is 21.6. The van der Waals surface area contributed by atoms with Crippen molar-refractivity contribution in [1.29, 1.82) is 0 Å². The highest BCUT2D eigenvalue weighted by molar-refractivity contribution is 6.35. The van der Waals surface area contributed by atoms with E-state index < -0.39 is 6.04 Å². The summed E-state index contributed by atoms with van der Waals surface area (Å²) in [6.07, 6.45) is 0.890. The van der Waals surface area contributed by atoms with Crippen molar-refractivity contribution in [3.63, 3.8) is 0 Å². The first-order valence-corrected chi connectivity index (χ1v) is 10.6. The topological polar surface area (TPSA) is 49.4 Å². The molecule has 0 aliphatic rings. The maximum atomic E-state index is 13.2. The summed E-state index contributed by atoms with van der Waals surface area (Å²) in [6.45, 7) is 5.82. The Labute approximate surface area is 187 Å². The van der Waals surface area contributed by atoms with Crippen LogP contribution in [0.1, 0.15) is 38.3 Å². The monoisotopic (exact) mass is 454 g/mol. The molecule has 2 atom stereocenters.